The van der Waals surface area contributed by atoms with Crippen LogP contribution in [0.25, 0.3) is 0 Å². The zero-order valence-corrected chi connectivity index (χ0v) is 27.2. The van der Waals surface area contributed by atoms with Crippen molar-refractivity contribution >= 4 is 27.5 Å². The number of hydrogen-bond donors (Lipinski definition) is 1. The van der Waals surface area contributed by atoms with Crippen LogP contribution in [0.5, 0.6) is 11.5 Å². The molecule has 5 rings (SSSR count). The van der Waals surface area contributed by atoms with Gasteiger partial charge >= 0.3 is 0 Å². The van der Waals surface area contributed by atoms with Crippen molar-refractivity contribution in [3.8, 4) is 11.5 Å². The maximum Gasteiger partial charge on any atom is 0.264 e. The molecule has 1 atom stereocenters. The molecule has 48 heavy (non-hydrogen) atoms. The Morgan fingerprint density at radius 3 is 1.94 bits per heavy atom. The molecular formula is C38H36FN3O5S. The molecule has 0 unspecified atom stereocenters. The third-order valence-electron chi connectivity index (χ3n) is 7.63. The van der Waals surface area contributed by atoms with Gasteiger partial charge in [0, 0.05) is 25.1 Å². The van der Waals surface area contributed by atoms with E-state index >= 15 is 4.39 Å². The molecule has 246 valence electrons. The quantitative estimate of drug-likeness (QED) is 0.144. The molecule has 0 aliphatic carbocycles. The largest absolute Gasteiger partial charge is 0.457 e. The zero-order chi connectivity index (χ0) is 33.9. The molecule has 8 nitrogen and oxygen atoms in total. The van der Waals surface area contributed by atoms with Gasteiger partial charge in [-0.1, -0.05) is 84.9 Å². The van der Waals surface area contributed by atoms with E-state index in [1.807, 2.05) is 48.5 Å². The topological polar surface area (TPSA) is 96.0 Å². The van der Waals surface area contributed by atoms with Gasteiger partial charge in [-0.05, 0) is 67.1 Å². The first-order chi connectivity index (χ1) is 23.3. The molecule has 10 heteroatoms. The van der Waals surface area contributed by atoms with Gasteiger partial charge < -0.3 is 15.0 Å². The second-order valence-electron chi connectivity index (χ2n) is 10.9. The highest BCUT2D eigenvalue weighted by Gasteiger charge is 2.34. The van der Waals surface area contributed by atoms with E-state index in [1.54, 1.807) is 67.6 Å². The van der Waals surface area contributed by atoms with Crippen LogP contribution in [-0.4, -0.2) is 44.3 Å². The first-order valence-corrected chi connectivity index (χ1v) is 17.0. The Labute approximate surface area is 280 Å². The number of halogens is 1. The monoisotopic (exact) mass is 665 g/mol. The minimum absolute atomic E-state index is 0.0207. The fourth-order valence-corrected chi connectivity index (χ4v) is 6.64. The maximum atomic E-state index is 15.0. The summed E-state index contributed by atoms with van der Waals surface area (Å²) in [6.07, 6.45) is 0.129. The van der Waals surface area contributed by atoms with Crippen LogP contribution in [0.4, 0.5) is 10.1 Å². The van der Waals surface area contributed by atoms with Gasteiger partial charge in [0.05, 0.1) is 10.6 Å². The van der Waals surface area contributed by atoms with E-state index in [4.69, 9.17) is 4.74 Å². The minimum atomic E-state index is -4.28. The maximum absolute atomic E-state index is 15.0. The standard InChI is InChI=1S/C38H36FN3O5S/c1-2-40-38(44)36(26-29-14-6-3-7-15-29)41(27-30-16-12-13-21-35(30)39)37(43)28-42(48(45,46)34-19-10-5-11-20-34)31-22-24-33(25-23-31)47-32-17-8-4-9-18-32/h3-25,36H,2,26-28H2,1H3,(H,40,44)/t36-/m1/s1. The lowest BCUT2D eigenvalue weighted by molar-refractivity contribution is -0.140. The van der Waals surface area contributed by atoms with E-state index in [-0.39, 0.29) is 29.1 Å². The molecule has 0 saturated heterocycles. The van der Waals surface area contributed by atoms with Gasteiger partial charge in [-0.3, -0.25) is 13.9 Å². The Bertz CT molecular complexity index is 1910. The smallest absolute Gasteiger partial charge is 0.264 e. The summed E-state index contributed by atoms with van der Waals surface area (Å²) in [5.74, 6) is -0.602. The highest BCUT2D eigenvalue weighted by atomic mass is 32.2. The van der Waals surface area contributed by atoms with Gasteiger partial charge in [0.25, 0.3) is 10.0 Å². The SMILES string of the molecule is CCNC(=O)[C@@H](Cc1ccccc1)N(Cc1ccccc1F)C(=O)CN(c1ccc(Oc2ccccc2)cc1)S(=O)(=O)c1ccccc1. The van der Waals surface area contributed by atoms with Crippen LogP contribution in [0, 0.1) is 5.82 Å². The van der Waals surface area contributed by atoms with Gasteiger partial charge in [0.2, 0.25) is 11.8 Å². The van der Waals surface area contributed by atoms with Crippen molar-refractivity contribution < 1.29 is 27.1 Å². The second kappa shape index (κ2) is 15.9. The van der Waals surface area contributed by atoms with E-state index < -0.39 is 40.2 Å². The number of anilines is 1. The fourth-order valence-electron chi connectivity index (χ4n) is 5.21. The van der Waals surface area contributed by atoms with Crippen molar-refractivity contribution in [3.63, 3.8) is 0 Å². The van der Waals surface area contributed by atoms with Crippen LogP contribution >= 0.6 is 0 Å². The number of sulfonamides is 1. The molecule has 2 amide bonds. The highest BCUT2D eigenvalue weighted by molar-refractivity contribution is 7.92. The molecule has 5 aromatic rings. The molecule has 0 fully saturated rings. The van der Waals surface area contributed by atoms with E-state index in [0.29, 0.717) is 18.0 Å². The van der Waals surface area contributed by atoms with Crippen molar-refractivity contribution in [2.24, 2.45) is 0 Å². The number of hydrogen-bond acceptors (Lipinski definition) is 5. The lowest BCUT2D eigenvalue weighted by Gasteiger charge is -2.34. The van der Waals surface area contributed by atoms with Crippen LogP contribution in [-0.2, 0) is 32.6 Å². The molecular weight excluding hydrogens is 629 g/mol. The Hall–Kier alpha value is -5.48. The molecule has 0 aromatic heterocycles. The van der Waals surface area contributed by atoms with Crippen molar-refractivity contribution in [3.05, 3.63) is 156 Å². The van der Waals surface area contributed by atoms with E-state index in [2.05, 4.69) is 5.32 Å². The zero-order valence-electron chi connectivity index (χ0n) is 26.4. The molecule has 0 radical (unpaired) electrons. The normalized spacial score (nSPS) is 11.7. The molecule has 1 N–H and O–H groups in total. The van der Waals surface area contributed by atoms with Gasteiger partial charge in [0.1, 0.15) is 29.9 Å². The number of amides is 2. The Morgan fingerprint density at radius 1 is 0.750 bits per heavy atom. The molecule has 0 bridgehead atoms. The minimum Gasteiger partial charge on any atom is -0.457 e. The van der Waals surface area contributed by atoms with E-state index in [1.165, 1.54) is 35.2 Å². The van der Waals surface area contributed by atoms with Crippen molar-refractivity contribution in [2.75, 3.05) is 17.4 Å². The predicted molar refractivity (Wildman–Crippen MR) is 183 cm³/mol. The first-order valence-electron chi connectivity index (χ1n) is 15.5. The molecule has 0 heterocycles. The molecule has 0 saturated carbocycles. The number of ether oxygens (including phenoxy) is 1. The number of likely N-dealkylation sites (N-methyl/N-ethyl adjacent to an activating group) is 1. The summed E-state index contributed by atoms with van der Waals surface area (Å²) in [5, 5.41) is 2.80. The lowest BCUT2D eigenvalue weighted by atomic mass is 10.0. The van der Waals surface area contributed by atoms with E-state index in [0.717, 1.165) is 9.87 Å². The van der Waals surface area contributed by atoms with Gasteiger partial charge in [-0.15, -0.1) is 0 Å². The fraction of sp³-hybridized carbons (Fsp3) is 0.158. The van der Waals surface area contributed by atoms with Crippen LogP contribution in [0.15, 0.2) is 144 Å². The van der Waals surface area contributed by atoms with Crippen molar-refractivity contribution in [1.29, 1.82) is 0 Å². The van der Waals surface area contributed by atoms with Crippen LogP contribution < -0.4 is 14.4 Å². The summed E-state index contributed by atoms with van der Waals surface area (Å²) in [6, 6.07) is 37.3. The Morgan fingerprint density at radius 2 is 1.31 bits per heavy atom. The Kier molecular flexibility index (Phi) is 11.2. The van der Waals surface area contributed by atoms with E-state index in [9.17, 15) is 18.0 Å². The number of nitrogens with zero attached hydrogens (tertiary/aromatic N) is 2. The first kappa shape index (κ1) is 33.9. The number of rotatable bonds is 14. The third kappa shape index (κ3) is 8.45. The average Bonchev–Trinajstić information content (AvgIpc) is 3.11. The van der Waals surface area contributed by atoms with Gasteiger partial charge in [-0.2, -0.15) is 0 Å². The van der Waals surface area contributed by atoms with Gasteiger partial charge in [-0.25, -0.2) is 12.8 Å². The highest BCUT2D eigenvalue weighted by Crippen LogP contribution is 2.29. The number of benzene rings is 5. The van der Waals surface area contributed by atoms with Crippen molar-refractivity contribution in [1.82, 2.24) is 10.2 Å². The van der Waals surface area contributed by atoms with Crippen LogP contribution in [0.1, 0.15) is 18.1 Å². The van der Waals surface area contributed by atoms with Crippen LogP contribution in [0.3, 0.4) is 0 Å². The summed E-state index contributed by atoms with van der Waals surface area (Å²) in [4.78, 5) is 29.3. The molecule has 0 aliphatic heterocycles. The average molecular weight is 666 g/mol. The number of nitrogens with one attached hydrogen (secondary N) is 1. The second-order valence-corrected chi connectivity index (χ2v) is 12.8. The Balaban J connectivity index is 1.55. The summed E-state index contributed by atoms with van der Waals surface area (Å²) in [6.45, 7) is 1.15. The van der Waals surface area contributed by atoms with Crippen molar-refractivity contribution in [2.45, 2.75) is 30.8 Å². The molecule has 0 spiro atoms. The molecule has 5 aromatic carbocycles. The third-order valence-corrected chi connectivity index (χ3v) is 9.42. The summed E-state index contributed by atoms with van der Waals surface area (Å²) < 4.78 is 50.2. The summed E-state index contributed by atoms with van der Waals surface area (Å²) in [7, 11) is -4.28. The van der Waals surface area contributed by atoms with Crippen LogP contribution in [0.2, 0.25) is 0 Å². The number of carbonyl (C=O) groups excluding carboxylic acids is 2. The number of carbonyl (C=O) groups is 2. The number of para-hydroxylation sites is 1. The summed E-state index contributed by atoms with van der Waals surface area (Å²) in [5.41, 5.74) is 1.17. The summed E-state index contributed by atoms with van der Waals surface area (Å²) >= 11 is 0. The van der Waals surface area contributed by atoms with Gasteiger partial charge in [0.15, 0.2) is 0 Å². The molecule has 0 aliphatic rings. The lowest BCUT2D eigenvalue weighted by Crippen LogP contribution is -2.53. The predicted octanol–water partition coefficient (Wildman–Crippen LogP) is 6.59.